The Morgan fingerprint density at radius 2 is 1.97 bits per heavy atom. The number of halogens is 3. The van der Waals surface area contributed by atoms with Crippen molar-refractivity contribution in [3.8, 4) is 0 Å². The highest BCUT2D eigenvalue weighted by molar-refractivity contribution is 6.05. The van der Waals surface area contributed by atoms with E-state index in [1.54, 1.807) is 4.90 Å². The van der Waals surface area contributed by atoms with Crippen LogP contribution in [0.4, 0.5) is 30.6 Å². The predicted molar refractivity (Wildman–Crippen MR) is 122 cm³/mol. The van der Waals surface area contributed by atoms with Gasteiger partial charge in [-0.15, -0.1) is 0 Å². The molecule has 5 rings (SSSR count). The van der Waals surface area contributed by atoms with E-state index in [9.17, 15) is 22.8 Å². The van der Waals surface area contributed by atoms with Gasteiger partial charge in [0.1, 0.15) is 17.4 Å². The van der Waals surface area contributed by atoms with Crippen LogP contribution in [0.2, 0.25) is 0 Å². The van der Waals surface area contributed by atoms with E-state index in [1.807, 2.05) is 18.9 Å². The van der Waals surface area contributed by atoms with Gasteiger partial charge in [-0.3, -0.25) is 14.6 Å². The standard InChI is InChI=1S/C23H26F3N7O2/c1-12-21(35)33-7-3-4-16-19(33)20(32(12)2)31-22(30-16)29-15-9-14(10-15)28-18(34)8-13-5-6-17(27-11-13)23(24,25)26/h5-6,11-12,14-15H,3-4,7-10H2,1-2H3,(H,28,34)(H,29,30,31)/t12-,14?,15?/m0/s1. The third-order valence-corrected chi connectivity index (χ3v) is 6.86. The Hall–Kier alpha value is -3.44. The number of carbonyl (C=O) groups is 2. The Labute approximate surface area is 200 Å². The summed E-state index contributed by atoms with van der Waals surface area (Å²) in [5, 5.41) is 6.25. The van der Waals surface area contributed by atoms with Gasteiger partial charge in [0.25, 0.3) is 0 Å². The first-order valence-electron chi connectivity index (χ1n) is 11.6. The third kappa shape index (κ3) is 4.48. The molecule has 1 fully saturated rings. The molecule has 12 heteroatoms. The second kappa shape index (κ2) is 8.65. The number of carbonyl (C=O) groups excluding carboxylic acids is 2. The summed E-state index contributed by atoms with van der Waals surface area (Å²) >= 11 is 0. The lowest BCUT2D eigenvalue weighted by Gasteiger charge is -2.42. The highest BCUT2D eigenvalue weighted by Gasteiger charge is 2.39. The van der Waals surface area contributed by atoms with Crippen molar-refractivity contribution in [2.45, 2.75) is 63.3 Å². The fraction of sp³-hybridized carbons (Fsp3) is 0.522. The number of nitrogens with zero attached hydrogens (tertiary/aromatic N) is 5. The maximum Gasteiger partial charge on any atom is 0.433 e. The zero-order valence-electron chi connectivity index (χ0n) is 19.4. The predicted octanol–water partition coefficient (Wildman–Crippen LogP) is 2.31. The van der Waals surface area contributed by atoms with Crippen LogP contribution < -0.4 is 20.4 Å². The van der Waals surface area contributed by atoms with Crippen molar-refractivity contribution in [3.05, 3.63) is 35.3 Å². The molecular weight excluding hydrogens is 463 g/mol. The monoisotopic (exact) mass is 489 g/mol. The van der Waals surface area contributed by atoms with Crippen LogP contribution >= 0.6 is 0 Å². The fourth-order valence-corrected chi connectivity index (χ4v) is 4.76. The van der Waals surface area contributed by atoms with E-state index in [-0.39, 0.29) is 36.4 Å². The smallest absolute Gasteiger partial charge is 0.353 e. The SMILES string of the molecule is C[C@H]1C(=O)N2CCCc3nc(NC4CC(NC(=O)Cc5ccc(C(F)(F)F)nc5)C4)nc(c32)N1C. The molecule has 2 N–H and O–H groups in total. The van der Waals surface area contributed by atoms with Crippen LogP contribution in [0.5, 0.6) is 0 Å². The lowest BCUT2D eigenvalue weighted by molar-refractivity contribution is -0.141. The van der Waals surface area contributed by atoms with Gasteiger partial charge in [0.15, 0.2) is 5.82 Å². The number of aryl methyl sites for hydroxylation is 1. The van der Waals surface area contributed by atoms with Gasteiger partial charge in [-0.25, -0.2) is 4.98 Å². The summed E-state index contributed by atoms with van der Waals surface area (Å²) in [4.78, 5) is 41.4. The van der Waals surface area contributed by atoms with Gasteiger partial charge in [0.05, 0.1) is 12.1 Å². The Morgan fingerprint density at radius 1 is 1.20 bits per heavy atom. The van der Waals surface area contributed by atoms with Gasteiger partial charge in [-0.05, 0) is 44.2 Å². The average Bonchev–Trinajstić information content (AvgIpc) is 2.79. The van der Waals surface area contributed by atoms with E-state index < -0.39 is 11.9 Å². The molecule has 0 radical (unpaired) electrons. The highest BCUT2D eigenvalue weighted by atomic mass is 19.4. The molecule has 9 nitrogen and oxygen atoms in total. The number of aromatic nitrogens is 3. The Kier molecular flexibility index (Phi) is 5.76. The second-order valence-electron chi connectivity index (χ2n) is 9.35. The average molecular weight is 490 g/mol. The Bertz CT molecular complexity index is 1150. The van der Waals surface area contributed by atoms with Crippen molar-refractivity contribution in [3.63, 3.8) is 0 Å². The fourth-order valence-electron chi connectivity index (χ4n) is 4.76. The minimum Gasteiger partial charge on any atom is -0.353 e. The summed E-state index contributed by atoms with van der Waals surface area (Å²) < 4.78 is 37.9. The summed E-state index contributed by atoms with van der Waals surface area (Å²) in [7, 11) is 1.86. The van der Waals surface area contributed by atoms with E-state index in [0.29, 0.717) is 30.9 Å². The zero-order chi connectivity index (χ0) is 24.9. The second-order valence-corrected chi connectivity index (χ2v) is 9.35. The molecule has 0 bridgehead atoms. The minimum absolute atomic E-state index is 0.0310. The summed E-state index contributed by atoms with van der Waals surface area (Å²) in [5.74, 6) is 1.07. The van der Waals surface area contributed by atoms with E-state index >= 15 is 0 Å². The van der Waals surface area contributed by atoms with Crippen LogP contribution in [-0.2, 0) is 28.6 Å². The first-order valence-corrected chi connectivity index (χ1v) is 11.6. The molecule has 0 aromatic carbocycles. The van der Waals surface area contributed by atoms with Crippen LogP contribution in [0.25, 0.3) is 0 Å². The number of anilines is 3. The van der Waals surface area contributed by atoms with Gasteiger partial charge < -0.3 is 20.4 Å². The van der Waals surface area contributed by atoms with E-state index in [1.165, 1.54) is 6.07 Å². The van der Waals surface area contributed by atoms with Crippen molar-refractivity contribution in [1.29, 1.82) is 0 Å². The molecule has 1 aliphatic carbocycles. The molecule has 2 amide bonds. The Balaban J connectivity index is 1.16. The third-order valence-electron chi connectivity index (χ3n) is 6.86. The molecule has 0 unspecified atom stereocenters. The summed E-state index contributed by atoms with van der Waals surface area (Å²) in [6.45, 7) is 2.55. The first kappa shape index (κ1) is 23.3. The molecule has 2 aromatic rings. The molecule has 1 atom stereocenters. The lowest BCUT2D eigenvalue weighted by atomic mass is 9.86. The molecule has 35 heavy (non-hydrogen) atoms. The minimum atomic E-state index is -4.50. The topological polar surface area (TPSA) is 103 Å². The number of alkyl halides is 3. The van der Waals surface area contributed by atoms with Crippen molar-refractivity contribution < 1.29 is 22.8 Å². The number of nitrogens with one attached hydrogen (secondary N) is 2. The van der Waals surface area contributed by atoms with Crippen molar-refractivity contribution in [2.75, 3.05) is 28.7 Å². The molecule has 0 spiro atoms. The van der Waals surface area contributed by atoms with Gasteiger partial charge in [0.2, 0.25) is 17.8 Å². The number of hydrogen-bond donors (Lipinski definition) is 2. The molecule has 1 saturated carbocycles. The molecule has 4 heterocycles. The maximum atomic E-state index is 12.7. The number of hydrogen-bond acceptors (Lipinski definition) is 7. The van der Waals surface area contributed by atoms with Gasteiger partial charge in [0, 0.05) is 31.9 Å². The molecule has 2 aromatic heterocycles. The zero-order valence-corrected chi connectivity index (χ0v) is 19.4. The number of rotatable bonds is 5. The molecule has 2 aliphatic heterocycles. The van der Waals surface area contributed by atoms with E-state index in [2.05, 4.69) is 20.6 Å². The van der Waals surface area contributed by atoms with E-state index in [0.717, 1.165) is 42.3 Å². The van der Waals surface area contributed by atoms with Crippen LogP contribution in [0, 0.1) is 0 Å². The normalized spacial score (nSPS) is 23.5. The van der Waals surface area contributed by atoms with Crippen LogP contribution in [0.15, 0.2) is 18.3 Å². The van der Waals surface area contributed by atoms with Gasteiger partial charge in [-0.2, -0.15) is 18.2 Å². The highest BCUT2D eigenvalue weighted by Crippen LogP contribution is 2.40. The van der Waals surface area contributed by atoms with Crippen molar-refractivity contribution in [1.82, 2.24) is 20.3 Å². The molecule has 186 valence electrons. The van der Waals surface area contributed by atoms with Crippen LogP contribution in [0.1, 0.15) is 43.1 Å². The molecule has 0 saturated heterocycles. The number of likely N-dealkylation sites (N-methyl/N-ethyl adjacent to an activating group) is 1. The summed E-state index contributed by atoms with van der Waals surface area (Å²) in [6, 6.07) is 1.91. The summed E-state index contributed by atoms with van der Waals surface area (Å²) in [5.41, 5.74) is 1.12. The van der Waals surface area contributed by atoms with Crippen molar-refractivity contribution in [2.24, 2.45) is 0 Å². The molecular formula is C23H26F3N7O2. The number of pyridine rings is 1. The number of amides is 2. The van der Waals surface area contributed by atoms with Gasteiger partial charge in [-0.1, -0.05) is 6.07 Å². The summed E-state index contributed by atoms with van der Waals surface area (Å²) in [6.07, 6.45) is -0.437. The van der Waals surface area contributed by atoms with E-state index in [4.69, 9.17) is 4.98 Å². The largest absolute Gasteiger partial charge is 0.433 e. The quantitative estimate of drug-likeness (QED) is 0.665. The van der Waals surface area contributed by atoms with Gasteiger partial charge >= 0.3 is 6.18 Å². The van der Waals surface area contributed by atoms with Crippen molar-refractivity contribution >= 4 is 29.3 Å². The lowest BCUT2D eigenvalue weighted by Crippen LogP contribution is -2.53. The van der Waals surface area contributed by atoms with Crippen LogP contribution in [0.3, 0.4) is 0 Å². The first-order chi connectivity index (χ1) is 16.6. The Morgan fingerprint density at radius 3 is 2.66 bits per heavy atom. The van der Waals surface area contributed by atoms with Crippen LogP contribution in [-0.4, -0.2) is 58.5 Å². The maximum absolute atomic E-state index is 12.7. The molecule has 3 aliphatic rings.